The molecule has 1 heterocycles. The van der Waals surface area contributed by atoms with E-state index < -0.39 is 0 Å². The lowest BCUT2D eigenvalue weighted by Crippen LogP contribution is -2.14. The van der Waals surface area contributed by atoms with Crippen molar-refractivity contribution in [3.05, 3.63) is 64.2 Å². The highest BCUT2D eigenvalue weighted by atomic mass is 32.1. The molecule has 0 radical (unpaired) electrons. The van der Waals surface area contributed by atoms with Crippen molar-refractivity contribution >= 4 is 28.1 Å². The summed E-state index contributed by atoms with van der Waals surface area (Å²) in [5, 5.41) is 12.4. The van der Waals surface area contributed by atoms with Crippen LogP contribution in [-0.2, 0) is 12.8 Å². The molecular weight excluding hydrogens is 384 g/mol. The van der Waals surface area contributed by atoms with Gasteiger partial charge in [0, 0.05) is 31.8 Å². The smallest absolute Gasteiger partial charge is 0.257 e. The highest BCUT2D eigenvalue weighted by Crippen LogP contribution is 2.21. The molecule has 0 saturated heterocycles. The summed E-state index contributed by atoms with van der Waals surface area (Å²) in [4.78, 5) is 14.5. The van der Waals surface area contributed by atoms with E-state index in [1.54, 1.807) is 0 Å². The van der Waals surface area contributed by atoms with Crippen LogP contribution in [0.2, 0.25) is 0 Å². The van der Waals surface area contributed by atoms with Gasteiger partial charge in [-0.1, -0.05) is 30.4 Å². The number of aromatic nitrogens is 2. The summed E-state index contributed by atoms with van der Waals surface area (Å²) in [5.41, 5.74) is 4.02. The summed E-state index contributed by atoms with van der Waals surface area (Å²) in [6, 6.07) is 13.7. The zero-order valence-electron chi connectivity index (χ0n) is 17.2. The van der Waals surface area contributed by atoms with Crippen LogP contribution in [0.15, 0.2) is 42.5 Å². The van der Waals surface area contributed by atoms with Crippen molar-refractivity contribution in [1.29, 1.82) is 0 Å². The number of carbonyl (C=O) groups excluding carboxylic acids is 1. The van der Waals surface area contributed by atoms with Crippen molar-refractivity contribution in [3.8, 4) is 5.75 Å². The number of hydrogen-bond donors (Lipinski definition) is 1. The summed E-state index contributed by atoms with van der Waals surface area (Å²) >= 11 is 1.37. The van der Waals surface area contributed by atoms with Crippen molar-refractivity contribution < 1.29 is 9.53 Å². The first-order valence-corrected chi connectivity index (χ1v) is 10.4. The Bertz CT molecular complexity index is 967. The average molecular weight is 411 g/mol. The number of rotatable bonds is 8. The molecule has 0 unspecified atom stereocenters. The lowest BCUT2D eigenvalue weighted by Gasteiger charge is -2.16. The molecule has 0 saturated carbocycles. The van der Waals surface area contributed by atoms with Crippen molar-refractivity contribution in [2.24, 2.45) is 0 Å². The third-order valence-corrected chi connectivity index (χ3v) is 5.44. The fourth-order valence-corrected chi connectivity index (χ4v) is 3.67. The van der Waals surface area contributed by atoms with Crippen LogP contribution in [0.5, 0.6) is 5.75 Å². The first-order chi connectivity index (χ1) is 14.0. The second-order valence-electron chi connectivity index (χ2n) is 6.95. The molecule has 0 fully saturated rings. The van der Waals surface area contributed by atoms with Crippen LogP contribution in [0.4, 0.5) is 10.8 Å². The molecule has 0 aliphatic rings. The molecule has 29 heavy (non-hydrogen) atoms. The second kappa shape index (κ2) is 9.52. The quantitative estimate of drug-likeness (QED) is 0.598. The van der Waals surface area contributed by atoms with Gasteiger partial charge in [0.15, 0.2) is 0 Å². The molecule has 2 aromatic carbocycles. The molecule has 1 amide bonds. The lowest BCUT2D eigenvalue weighted by molar-refractivity contribution is 0.102. The second-order valence-corrected chi connectivity index (χ2v) is 8.01. The number of nitrogens with one attached hydrogen (secondary N) is 1. The first-order valence-electron chi connectivity index (χ1n) is 9.59. The zero-order chi connectivity index (χ0) is 20.8. The van der Waals surface area contributed by atoms with Crippen molar-refractivity contribution in [2.75, 3.05) is 30.9 Å². The van der Waals surface area contributed by atoms with E-state index in [9.17, 15) is 4.79 Å². The number of ether oxygens (including phenoxy) is 1. The fourth-order valence-electron chi connectivity index (χ4n) is 2.95. The normalized spacial score (nSPS) is 10.6. The van der Waals surface area contributed by atoms with Gasteiger partial charge in [0.25, 0.3) is 5.91 Å². The van der Waals surface area contributed by atoms with E-state index in [1.807, 2.05) is 56.3 Å². The van der Waals surface area contributed by atoms with Crippen LogP contribution in [0.3, 0.4) is 0 Å². The number of nitrogens with zero attached hydrogens (tertiary/aromatic N) is 3. The van der Waals surface area contributed by atoms with E-state index in [0.717, 1.165) is 28.4 Å². The monoisotopic (exact) mass is 410 g/mol. The molecular formula is C22H26N4O2S. The largest absolute Gasteiger partial charge is 0.493 e. The summed E-state index contributed by atoms with van der Waals surface area (Å²) in [6.45, 7) is 4.63. The molecule has 0 bridgehead atoms. The van der Waals surface area contributed by atoms with Gasteiger partial charge in [-0.3, -0.25) is 10.1 Å². The van der Waals surface area contributed by atoms with Gasteiger partial charge in [-0.25, -0.2) is 0 Å². The minimum absolute atomic E-state index is 0.187. The van der Waals surface area contributed by atoms with Crippen LogP contribution in [0, 0.1) is 6.92 Å². The van der Waals surface area contributed by atoms with Gasteiger partial charge in [-0.05, 0) is 54.8 Å². The van der Waals surface area contributed by atoms with Crippen molar-refractivity contribution in [2.45, 2.75) is 26.7 Å². The van der Waals surface area contributed by atoms with E-state index in [0.29, 0.717) is 23.7 Å². The zero-order valence-corrected chi connectivity index (χ0v) is 18.0. The summed E-state index contributed by atoms with van der Waals surface area (Å²) in [7, 11) is 3.96. The minimum atomic E-state index is -0.187. The number of aryl methyl sites for hydroxylation is 2. The molecule has 6 nitrogen and oxygen atoms in total. The third-order valence-electron chi connectivity index (χ3n) is 4.54. The number of hydrogen-bond acceptors (Lipinski definition) is 6. The molecule has 1 N–H and O–H groups in total. The Kier molecular flexibility index (Phi) is 6.82. The maximum atomic E-state index is 12.5. The molecule has 0 aliphatic carbocycles. The third kappa shape index (κ3) is 5.54. The van der Waals surface area contributed by atoms with Gasteiger partial charge in [-0.2, -0.15) is 0 Å². The van der Waals surface area contributed by atoms with Gasteiger partial charge in [0.1, 0.15) is 10.8 Å². The van der Waals surface area contributed by atoms with E-state index in [4.69, 9.17) is 4.74 Å². The molecule has 0 aliphatic heterocycles. The van der Waals surface area contributed by atoms with Gasteiger partial charge in [-0.15, -0.1) is 10.2 Å². The van der Waals surface area contributed by atoms with Crippen LogP contribution < -0.4 is 15.0 Å². The maximum absolute atomic E-state index is 12.5. The van der Waals surface area contributed by atoms with E-state index in [1.165, 1.54) is 16.9 Å². The molecule has 0 spiro atoms. The van der Waals surface area contributed by atoms with Crippen LogP contribution in [0.1, 0.15) is 33.4 Å². The molecule has 0 atom stereocenters. The van der Waals surface area contributed by atoms with Gasteiger partial charge in [0.05, 0.1) is 6.61 Å². The van der Waals surface area contributed by atoms with Crippen LogP contribution in [-0.4, -0.2) is 36.8 Å². The maximum Gasteiger partial charge on any atom is 0.257 e. The molecule has 3 rings (SSSR count). The number of amides is 1. The molecule has 3 aromatic rings. The Labute approximate surface area is 175 Å². The molecule has 152 valence electrons. The van der Waals surface area contributed by atoms with Crippen molar-refractivity contribution in [3.63, 3.8) is 0 Å². The Hall–Kier alpha value is -2.93. The topological polar surface area (TPSA) is 67.4 Å². The minimum Gasteiger partial charge on any atom is -0.493 e. The SMILES string of the molecule is CCc1ccc(OCCc2nnc(NC(=O)c3ccc(N(C)C)c(C)c3)s2)cc1. The summed E-state index contributed by atoms with van der Waals surface area (Å²) in [6.07, 6.45) is 1.65. The summed E-state index contributed by atoms with van der Waals surface area (Å²) in [5.74, 6) is 0.658. The van der Waals surface area contributed by atoms with E-state index in [2.05, 4.69) is 34.6 Å². The number of benzene rings is 2. The Morgan fingerprint density at radius 1 is 1.14 bits per heavy atom. The Morgan fingerprint density at radius 3 is 2.55 bits per heavy atom. The van der Waals surface area contributed by atoms with Gasteiger partial charge in [0.2, 0.25) is 5.13 Å². The Morgan fingerprint density at radius 2 is 1.90 bits per heavy atom. The van der Waals surface area contributed by atoms with E-state index >= 15 is 0 Å². The predicted molar refractivity (Wildman–Crippen MR) is 118 cm³/mol. The van der Waals surface area contributed by atoms with Crippen LogP contribution in [0.25, 0.3) is 0 Å². The average Bonchev–Trinajstić information content (AvgIpc) is 3.15. The fraction of sp³-hybridized carbons (Fsp3) is 0.318. The van der Waals surface area contributed by atoms with Crippen molar-refractivity contribution in [1.82, 2.24) is 10.2 Å². The number of anilines is 2. The lowest BCUT2D eigenvalue weighted by atomic mass is 10.1. The van der Waals surface area contributed by atoms with Crippen LogP contribution >= 0.6 is 11.3 Å². The highest BCUT2D eigenvalue weighted by molar-refractivity contribution is 7.15. The van der Waals surface area contributed by atoms with E-state index in [-0.39, 0.29) is 5.91 Å². The number of carbonyl (C=O) groups is 1. The van der Waals surface area contributed by atoms with Gasteiger partial charge < -0.3 is 9.64 Å². The first kappa shape index (κ1) is 20.8. The molecule has 1 aromatic heterocycles. The highest BCUT2D eigenvalue weighted by Gasteiger charge is 2.12. The summed E-state index contributed by atoms with van der Waals surface area (Å²) < 4.78 is 5.76. The molecule has 7 heteroatoms. The standard InChI is InChI=1S/C22H26N4O2S/c1-5-16-6-9-18(10-7-16)28-13-12-20-24-25-22(29-20)23-21(27)17-8-11-19(26(3)4)15(2)14-17/h6-11,14H,5,12-13H2,1-4H3,(H,23,25,27). The van der Waals surface area contributed by atoms with Gasteiger partial charge >= 0.3 is 0 Å². The predicted octanol–water partition coefficient (Wildman–Crippen LogP) is 4.35. The Balaban J connectivity index is 1.53.